The molecule has 4 rings (SSSR count). The first-order valence-corrected chi connectivity index (χ1v) is 10.4. The molecule has 2 aromatic carbocycles. The first kappa shape index (κ1) is 19.5. The number of anilines is 1. The second-order valence-corrected chi connectivity index (χ2v) is 7.95. The maximum Gasteiger partial charge on any atom is 0.238 e. The summed E-state index contributed by atoms with van der Waals surface area (Å²) >= 11 is 1.80. The van der Waals surface area contributed by atoms with Gasteiger partial charge in [-0.1, -0.05) is 30.3 Å². The van der Waals surface area contributed by atoms with Gasteiger partial charge in [-0.05, 0) is 41.1 Å². The Morgan fingerprint density at radius 2 is 1.90 bits per heavy atom. The van der Waals surface area contributed by atoms with E-state index in [1.807, 2.05) is 12.1 Å². The Hall–Kier alpha value is -2.83. The van der Waals surface area contributed by atoms with Gasteiger partial charge in [0.15, 0.2) is 11.5 Å². The number of carbonyl (C=O) groups excluding carboxylic acids is 1. The predicted molar refractivity (Wildman–Crippen MR) is 116 cm³/mol. The molecule has 1 amide bonds. The number of fused-ring (bicyclic) bond motifs is 1. The van der Waals surface area contributed by atoms with Crippen molar-refractivity contribution in [1.29, 1.82) is 0 Å². The number of nitrogens with one attached hydrogen (secondary N) is 1. The van der Waals surface area contributed by atoms with E-state index in [9.17, 15) is 4.79 Å². The average molecular weight is 409 g/mol. The molecule has 3 aromatic rings. The van der Waals surface area contributed by atoms with Crippen LogP contribution in [0.4, 0.5) is 5.69 Å². The molecule has 1 aliphatic rings. The quantitative estimate of drug-likeness (QED) is 0.659. The minimum absolute atomic E-state index is 0.0446. The van der Waals surface area contributed by atoms with Gasteiger partial charge in [0.2, 0.25) is 5.91 Å². The number of hydrogen-bond acceptors (Lipinski definition) is 5. The third kappa shape index (κ3) is 4.13. The average Bonchev–Trinajstić information content (AvgIpc) is 3.22. The Balaban J connectivity index is 1.53. The molecular formula is C23H24N2O3S. The number of methoxy groups -OCH3 is 2. The van der Waals surface area contributed by atoms with Gasteiger partial charge >= 0.3 is 0 Å². The fraction of sp³-hybridized carbons (Fsp3) is 0.261. The van der Waals surface area contributed by atoms with E-state index < -0.39 is 0 Å². The third-order valence-electron chi connectivity index (χ3n) is 5.19. The van der Waals surface area contributed by atoms with Crippen molar-refractivity contribution in [2.24, 2.45) is 0 Å². The summed E-state index contributed by atoms with van der Waals surface area (Å²) < 4.78 is 10.6. The summed E-state index contributed by atoms with van der Waals surface area (Å²) in [4.78, 5) is 16.5. The molecule has 0 fully saturated rings. The molecule has 1 N–H and O–H groups in total. The molecule has 150 valence electrons. The van der Waals surface area contributed by atoms with Crippen LogP contribution in [-0.4, -0.2) is 38.1 Å². The van der Waals surface area contributed by atoms with Crippen LogP contribution in [0.15, 0.2) is 60.0 Å². The van der Waals surface area contributed by atoms with Crippen LogP contribution in [0.3, 0.4) is 0 Å². The van der Waals surface area contributed by atoms with Gasteiger partial charge in [0.1, 0.15) is 0 Å². The molecule has 1 aromatic heterocycles. The molecule has 1 atom stereocenters. The van der Waals surface area contributed by atoms with E-state index in [0.29, 0.717) is 23.7 Å². The molecule has 6 heteroatoms. The molecule has 0 radical (unpaired) electrons. The highest BCUT2D eigenvalue weighted by atomic mass is 32.1. The molecule has 0 saturated carbocycles. The maximum atomic E-state index is 12.8. The fourth-order valence-electron chi connectivity index (χ4n) is 3.86. The monoisotopic (exact) mass is 408 g/mol. The lowest BCUT2D eigenvalue weighted by Gasteiger charge is -2.35. The van der Waals surface area contributed by atoms with Crippen LogP contribution in [0.5, 0.6) is 11.5 Å². The molecule has 0 aliphatic carbocycles. The van der Waals surface area contributed by atoms with Crippen molar-refractivity contribution in [3.63, 3.8) is 0 Å². The van der Waals surface area contributed by atoms with Gasteiger partial charge in [0.05, 0.1) is 26.8 Å². The smallest absolute Gasteiger partial charge is 0.238 e. The van der Waals surface area contributed by atoms with E-state index in [0.717, 1.165) is 13.0 Å². The molecule has 5 nitrogen and oxygen atoms in total. The van der Waals surface area contributed by atoms with Crippen molar-refractivity contribution in [1.82, 2.24) is 4.90 Å². The highest BCUT2D eigenvalue weighted by Gasteiger charge is 2.30. The van der Waals surface area contributed by atoms with E-state index in [1.165, 1.54) is 16.0 Å². The highest BCUT2D eigenvalue weighted by molar-refractivity contribution is 7.10. The number of hydrogen-bond donors (Lipinski definition) is 1. The topological polar surface area (TPSA) is 50.8 Å². The maximum absolute atomic E-state index is 12.8. The Morgan fingerprint density at radius 3 is 2.66 bits per heavy atom. The highest BCUT2D eigenvalue weighted by Crippen LogP contribution is 2.37. The summed E-state index contributed by atoms with van der Waals surface area (Å²) in [6.45, 7) is 1.18. The number of carbonyl (C=O) groups is 1. The number of nitrogens with zero attached hydrogens (tertiary/aromatic N) is 1. The second kappa shape index (κ2) is 8.68. The SMILES string of the molecule is COc1ccc(NC(=O)CN2CCc3sccc3C2c2ccccc2)cc1OC. The zero-order chi connectivity index (χ0) is 20.2. The van der Waals surface area contributed by atoms with Crippen molar-refractivity contribution in [3.8, 4) is 11.5 Å². The number of thiophene rings is 1. The van der Waals surface area contributed by atoms with E-state index in [2.05, 4.69) is 45.9 Å². The standard InChI is InChI=1S/C23H24N2O3S/c1-27-19-9-8-17(14-20(19)28-2)24-22(26)15-25-12-10-21-18(11-13-29-21)23(25)16-6-4-3-5-7-16/h3-9,11,13-14,23H,10,12,15H2,1-2H3,(H,24,26). The van der Waals surface area contributed by atoms with E-state index >= 15 is 0 Å². The van der Waals surface area contributed by atoms with E-state index in [4.69, 9.17) is 9.47 Å². The number of benzene rings is 2. The molecule has 0 spiro atoms. The summed E-state index contributed by atoms with van der Waals surface area (Å²) in [7, 11) is 3.18. The van der Waals surface area contributed by atoms with Crippen LogP contribution in [0.2, 0.25) is 0 Å². The summed E-state index contributed by atoms with van der Waals surface area (Å²) in [5, 5.41) is 5.14. The van der Waals surface area contributed by atoms with Gasteiger partial charge in [-0.25, -0.2) is 0 Å². The Morgan fingerprint density at radius 1 is 1.10 bits per heavy atom. The zero-order valence-corrected chi connectivity index (χ0v) is 17.4. The zero-order valence-electron chi connectivity index (χ0n) is 16.6. The van der Waals surface area contributed by atoms with Crippen molar-refractivity contribution in [2.45, 2.75) is 12.5 Å². The minimum atomic E-state index is -0.0446. The van der Waals surface area contributed by atoms with E-state index in [-0.39, 0.29) is 11.9 Å². The summed E-state index contributed by atoms with van der Waals surface area (Å²) in [5.41, 5.74) is 3.22. The van der Waals surface area contributed by atoms with Gasteiger partial charge in [0.25, 0.3) is 0 Å². The van der Waals surface area contributed by atoms with Crippen molar-refractivity contribution < 1.29 is 14.3 Å². The number of rotatable bonds is 6. The summed E-state index contributed by atoms with van der Waals surface area (Å²) in [6, 6.07) is 18.1. The van der Waals surface area contributed by atoms with Crippen LogP contribution < -0.4 is 14.8 Å². The normalized spacial score (nSPS) is 16.1. The lowest BCUT2D eigenvalue weighted by molar-refractivity contribution is -0.117. The summed E-state index contributed by atoms with van der Waals surface area (Å²) in [5.74, 6) is 1.18. The lowest BCUT2D eigenvalue weighted by atomic mass is 9.93. The lowest BCUT2D eigenvalue weighted by Crippen LogP contribution is -2.40. The predicted octanol–water partition coefficient (Wildman–Crippen LogP) is 4.35. The van der Waals surface area contributed by atoms with Gasteiger partial charge in [0, 0.05) is 23.2 Å². The number of ether oxygens (including phenoxy) is 2. The van der Waals surface area contributed by atoms with Crippen molar-refractivity contribution in [3.05, 3.63) is 76.0 Å². The van der Waals surface area contributed by atoms with Gasteiger partial charge < -0.3 is 14.8 Å². The largest absolute Gasteiger partial charge is 0.493 e. The molecular weight excluding hydrogens is 384 g/mol. The fourth-order valence-corrected chi connectivity index (χ4v) is 4.77. The molecule has 0 saturated heterocycles. The summed E-state index contributed by atoms with van der Waals surface area (Å²) in [6.07, 6.45) is 0.972. The molecule has 0 bridgehead atoms. The molecule has 2 heterocycles. The van der Waals surface area contributed by atoms with Crippen molar-refractivity contribution in [2.75, 3.05) is 32.6 Å². The Kier molecular flexibility index (Phi) is 5.83. The molecule has 1 aliphatic heterocycles. The third-order valence-corrected chi connectivity index (χ3v) is 6.19. The van der Waals surface area contributed by atoms with Crippen LogP contribution >= 0.6 is 11.3 Å². The number of amides is 1. The van der Waals surface area contributed by atoms with Gasteiger partial charge in [-0.3, -0.25) is 9.69 Å². The second-order valence-electron chi connectivity index (χ2n) is 6.95. The van der Waals surface area contributed by atoms with Crippen molar-refractivity contribution >= 4 is 22.9 Å². The van der Waals surface area contributed by atoms with Gasteiger partial charge in [-0.2, -0.15) is 0 Å². The molecule has 29 heavy (non-hydrogen) atoms. The van der Waals surface area contributed by atoms with Crippen LogP contribution in [-0.2, 0) is 11.2 Å². The minimum Gasteiger partial charge on any atom is -0.493 e. The van der Waals surface area contributed by atoms with Crippen LogP contribution in [0, 0.1) is 0 Å². The van der Waals surface area contributed by atoms with E-state index in [1.54, 1.807) is 37.7 Å². The van der Waals surface area contributed by atoms with Crippen LogP contribution in [0.25, 0.3) is 0 Å². The molecule has 1 unspecified atom stereocenters. The first-order chi connectivity index (χ1) is 14.2. The Labute approximate surface area is 174 Å². The van der Waals surface area contributed by atoms with Crippen LogP contribution in [0.1, 0.15) is 22.0 Å². The first-order valence-electron chi connectivity index (χ1n) is 9.56. The Bertz CT molecular complexity index is 987. The van der Waals surface area contributed by atoms with Gasteiger partial charge in [-0.15, -0.1) is 11.3 Å².